The number of anilines is 1. The van der Waals surface area contributed by atoms with E-state index >= 15 is 0 Å². The molecule has 0 atom stereocenters. The molecule has 4 rings (SSSR count). The summed E-state index contributed by atoms with van der Waals surface area (Å²) in [7, 11) is 0. The zero-order valence-electron chi connectivity index (χ0n) is 12.1. The van der Waals surface area contributed by atoms with Gasteiger partial charge in [-0.05, 0) is 38.2 Å². The largest absolute Gasteiger partial charge is 0.375 e. The van der Waals surface area contributed by atoms with Crippen LogP contribution in [0.3, 0.4) is 0 Å². The summed E-state index contributed by atoms with van der Waals surface area (Å²) in [4.78, 5) is 11.7. The molecule has 108 valence electrons. The Morgan fingerprint density at radius 1 is 1.15 bits per heavy atom. The maximum atomic E-state index is 5.78. The van der Waals surface area contributed by atoms with E-state index in [1.54, 1.807) is 0 Å². The van der Waals surface area contributed by atoms with Gasteiger partial charge in [-0.25, -0.2) is 9.97 Å². The minimum Gasteiger partial charge on any atom is -0.375 e. The molecule has 1 aromatic rings. The van der Waals surface area contributed by atoms with Crippen molar-refractivity contribution in [2.24, 2.45) is 0 Å². The first kappa shape index (κ1) is 12.6. The van der Waals surface area contributed by atoms with Crippen molar-refractivity contribution in [3.63, 3.8) is 0 Å². The summed E-state index contributed by atoms with van der Waals surface area (Å²) in [5, 5.41) is 0. The van der Waals surface area contributed by atoms with E-state index in [1.165, 1.54) is 37.8 Å². The molecule has 4 nitrogen and oxygen atoms in total. The molecule has 4 heteroatoms. The van der Waals surface area contributed by atoms with Crippen molar-refractivity contribution < 1.29 is 4.74 Å². The number of hydrogen-bond acceptors (Lipinski definition) is 4. The van der Waals surface area contributed by atoms with Crippen LogP contribution in [0.4, 0.5) is 5.95 Å². The van der Waals surface area contributed by atoms with Crippen molar-refractivity contribution in [3.05, 3.63) is 18.0 Å². The highest BCUT2D eigenvalue weighted by molar-refractivity contribution is 5.32. The fourth-order valence-corrected chi connectivity index (χ4v) is 3.86. The standard InChI is InChI=1S/C16H23N3O/c1-2-4-13(3-1)14-5-9-17-15(18-14)19-10-6-16(7-11-19)8-12-20-16/h5,9,13H,1-4,6-8,10-12H2. The molecule has 3 aliphatic rings. The van der Waals surface area contributed by atoms with Crippen LogP contribution in [0.15, 0.2) is 12.3 Å². The summed E-state index contributed by atoms with van der Waals surface area (Å²) >= 11 is 0. The summed E-state index contributed by atoms with van der Waals surface area (Å²) in [5.74, 6) is 1.60. The maximum Gasteiger partial charge on any atom is 0.225 e. The van der Waals surface area contributed by atoms with Gasteiger partial charge in [0.2, 0.25) is 5.95 Å². The van der Waals surface area contributed by atoms with Gasteiger partial charge in [0.05, 0.1) is 12.2 Å². The van der Waals surface area contributed by atoms with Crippen LogP contribution in [-0.4, -0.2) is 35.3 Å². The molecule has 3 heterocycles. The van der Waals surface area contributed by atoms with E-state index in [0.717, 1.165) is 38.5 Å². The van der Waals surface area contributed by atoms with Crippen molar-refractivity contribution in [2.45, 2.75) is 56.5 Å². The predicted molar refractivity (Wildman–Crippen MR) is 78.0 cm³/mol. The second-order valence-electron chi connectivity index (χ2n) is 6.53. The first-order chi connectivity index (χ1) is 9.85. The first-order valence-corrected chi connectivity index (χ1v) is 8.07. The van der Waals surface area contributed by atoms with E-state index in [-0.39, 0.29) is 5.60 Å². The monoisotopic (exact) mass is 273 g/mol. The zero-order chi connectivity index (χ0) is 13.4. The number of piperidine rings is 1. The molecule has 1 aliphatic carbocycles. The fraction of sp³-hybridized carbons (Fsp3) is 0.750. The Morgan fingerprint density at radius 3 is 2.55 bits per heavy atom. The van der Waals surface area contributed by atoms with Gasteiger partial charge in [0.1, 0.15) is 0 Å². The zero-order valence-corrected chi connectivity index (χ0v) is 12.1. The lowest BCUT2D eigenvalue weighted by Crippen LogP contribution is -2.52. The van der Waals surface area contributed by atoms with Crippen LogP contribution in [0.25, 0.3) is 0 Å². The molecule has 20 heavy (non-hydrogen) atoms. The lowest BCUT2D eigenvalue weighted by Gasteiger charge is -2.47. The van der Waals surface area contributed by atoms with Crippen molar-refractivity contribution in [1.29, 1.82) is 0 Å². The van der Waals surface area contributed by atoms with Gasteiger partial charge in [0, 0.05) is 30.9 Å². The predicted octanol–water partition coefficient (Wildman–Crippen LogP) is 2.89. The SMILES string of the molecule is c1cc(C2CCCC2)nc(N2CCC3(CCO3)CC2)n1. The third-order valence-corrected chi connectivity index (χ3v) is 5.36. The van der Waals surface area contributed by atoms with Crippen molar-refractivity contribution >= 4 is 5.95 Å². The maximum absolute atomic E-state index is 5.78. The number of aromatic nitrogens is 2. The van der Waals surface area contributed by atoms with E-state index < -0.39 is 0 Å². The molecule has 0 aromatic carbocycles. The summed E-state index contributed by atoms with van der Waals surface area (Å²) in [6.07, 6.45) is 10.8. The van der Waals surface area contributed by atoms with Crippen LogP contribution in [0.1, 0.15) is 56.6 Å². The minimum atomic E-state index is 0.208. The van der Waals surface area contributed by atoms with Crippen molar-refractivity contribution in [3.8, 4) is 0 Å². The Hall–Kier alpha value is -1.16. The van der Waals surface area contributed by atoms with Crippen LogP contribution in [0.5, 0.6) is 0 Å². The molecular weight excluding hydrogens is 250 g/mol. The molecule has 0 bridgehead atoms. The summed E-state index contributed by atoms with van der Waals surface area (Å²) < 4.78 is 5.78. The molecule has 0 N–H and O–H groups in total. The Morgan fingerprint density at radius 2 is 1.90 bits per heavy atom. The smallest absolute Gasteiger partial charge is 0.225 e. The van der Waals surface area contributed by atoms with Crippen LogP contribution in [0, 0.1) is 0 Å². The first-order valence-electron chi connectivity index (χ1n) is 8.07. The van der Waals surface area contributed by atoms with E-state index in [0.29, 0.717) is 5.92 Å². The lowest BCUT2D eigenvalue weighted by molar-refractivity contribution is -0.158. The molecule has 2 aliphatic heterocycles. The molecule has 2 saturated heterocycles. The van der Waals surface area contributed by atoms with Gasteiger partial charge in [0.15, 0.2) is 0 Å². The Kier molecular flexibility index (Phi) is 3.14. The number of hydrogen-bond donors (Lipinski definition) is 0. The Bertz CT molecular complexity index is 470. The highest BCUT2D eigenvalue weighted by Gasteiger charge is 2.41. The van der Waals surface area contributed by atoms with Crippen LogP contribution >= 0.6 is 0 Å². The molecule has 1 saturated carbocycles. The number of rotatable bonds is 2. The fourth-order valence-electron chi connectivity index (χ4n) is 3.86. The molecule has 1 aromatic heterocycles. The molecule has 1 spiro atoms. The second kappa shape index (κ2) is 4.99. The van der Waals surface area contributed by atoms with Crippen molar-refractivity contribution in [1.82, 2.24) is 9.97 Å². The lowest BCUT2D eigenvalue weighted by atomic mass is 9.84. The van der Waals surface area contributed by atoms with E-state index in [2.05, 4.69) is 16.0 Å². The van der Waals surface area contributed by atoms with Gasteiger partial charge in [0.25, 0.3) is 0 Å². The Labute approximate surface area is 120 Å². The van der Waals surface area contributed by atoms with Gasteiger partial charge in [-0.1, -0.05) is 12.8 Å². The third-order valence-electron chi connectivity index (χ3n) is 5.36. The molecule has 3 fully saturated rings. The highest BCUT2D eigenvalue weighted by atomic mass is 16.5. The average Bonchev–Trinajstić information content (AvgIpc) is 3.00. The van der Waals surface area contributed by atoms with E-state index in [9.17, 15) is 0 Å². The minimum absolute atomic E-state index is 0.208. The third kappa shape index (κ3) is 2.20. The number of ether oxygens (including phenoxy) is 1. The summed E-state index contributed by atoms with van der Waals surface area (Å²) in [5.41, 5.74) is 1.47. The summed E-state index contributed by atoms with van der Waals surface area (Å²) in [6, 6.07) is 2.11. The normalized spacial score (nSPS) is 25.9. The van der Waals surface area contributed by atoms with Gasteiger partial charge >= 0.3 is 0 Å². The summed E-state index contributed by atoms with van der Waals surface area (Å²) in [6.45, 7) is 3.02. The van der Waals surface area contributed by atoms with Crippen LogP contribution in [0.2, 0.25) is 0 Å². The van der Waals surface area contributed by atoms with Crippen LogP contribution in [-0.2, 0) is 4.74 Å². The molecule has 0 unspecified atom stereocenters. The average molecular weight is 273 g/mol. The van der Waals surface area contributed by atoms with Gasteiger partial charge < -0.3 is 9.64 Å². The Balaban J connectivity index is 1.47. The van der Waals surface area contributed by atoms with Crippen molar-refractivity contribution in [2.75, 3.05) is 24.6 Å². The van der Waals surface area contributed by atoms with Crippen LogP contribution < -0.4 is 4.90 Å². The van der Waals surface area contributed by atoms with Gasteiger partial charge in [-0.2, -0.15) is 0 Å². The number of nitrogens with zero attached hydrogens (tertiary/aromatic N) is 3. The molecular formula is C16H23N3O. The quantitative estimate of drug-likeness (QED) is 0.830. The van der Waals surface area contributed by atoms with E-state index in [4.69, 9.17) is 9.72 Å². The van der Waals surface area contributed by atoms with Gasteiger partial charge in [-0.3, -0.25) is 0 Å². The topological polar surface area (TPSA) is 38.2 Å². The molecule has 0 radical (unpaired) electrons. The van der Waals surface area contributed by atoms with Gasteiger partial charge in [-0.15, -0.1) is 0 Å². The molecule has 0 amide bonds. The highest BCUT2D eigenvalue weighted by Crippen LogP contribution is 2.38. The second-order valence-corrected chi connectivity index (χ2v) is 6.53. The van der Waals surface area contributed by atoms with E-state index in [1.807, 2.05) is 6.20 Å².